The first kappa shape index (κ1) is 54.7. The van der Waals surface area contributed by atoms with Crippen LogP contribution in [0.3, 0.4) is 0 Å². The molecule has 0 aromatic carbocycles. The Kier molecular flexibility index (Phi) is 21.4. The molecule has 1 aliphatic carbocycles. The van der Waals surface area contributed by atoms with Crippen LogP contribution in [-0.4, -0.2) is 137 Å². The maximum Gasteiger partial charge on any atom is 0.296 e. The number of Topliss-reactive ketones (excluding diaryl/α,β-unsaturated/α-hetero) is 3. The van der Waals surface area contributed by atoms with Crippen molar-refractivity contribution >= 4 is 23.3 Å². The molecule has 3 fully saturated rings. The van der Waals surface area contributed by atoms with E-state index in [0.29, 0.717) is 69.8 Å². The lowest BCUT2D eigenvalue weighted by Gasteiger charge is -2.44. The number of hydrogen-bond acceptors (Lipinski definition) is 13. The number of aliphatic hydroxyl groups excluding tert-OH is 3. The molecule has 3 aliphatic heterocycles. The van der Waals surface area contributed by atoms with E-state index in [1.54, 1.807) is 41.1 Å². The van der Waals surface area contributed by atoms with Crippen molar-refractivity contribution in [1.82, 2.24) is 4.90 Å². The average molecular weight is 916 g/mol. The Hall–Kier alpha value is -2.92. The first-order valence-electron chi connectivity index (χ1n) is 24.1. The molecule has 3 heterocycles. The third-order valence-corrected chi connectivity index (χ3v) is 14.6. The van der Waals surface area contributed by atoms with E-state index in [2.05, 4.69) is 0 Å². The predicted octanol–water partition coefficient (Wildman–Crippen LogP) is 5.97. The average Bonchev–Trinajstić information content (AvgIpc) is 3.28. The second-order valence-electron chi connectivity index (χ2n) is 19.7. The zero-order valence-corrected chi connectivity index (χ0v) is 40.7. The molecule has 16 atom stereocenters. The highest BCUT2D eigenvalue weighted by atomic mass is 16.6. The number of carbonyl (C=O) groups excluding carboxylic acids is 4. The second-order valence-corrected chi connectivity index (χ2v) is 19.7. The Morgan fingerprint density at radius 3 is 2.25 bits per heavy atom. The number of piperidine rings is 1. The molecule has 1 amide bonds. The number of nitrogens with zero attached hydrogens (tertiary/aromatic N) is 1. The van der Waals surface area contributed by atoms with Gasteiger partial charge in [0.1, 0.15) is 18.0 Å². The Labute approximate surface area is 387 Å². The van der Waals surface area contributed by atoms with Gasteiger partial charge in [-0.15, -0.1) is 0 Å². The van der Waals surface area contributed by atoms with Gasteiger partial charge in [-0.2, -0.15) is 0 Å². The fourth-order valence-corrected chi connectivity index (χ4v) is 10.3. The smallest absolute Gasteiger partial charge is 0.296 e. The highest BCUT2D eigenvalue weighted by molar-refractivity contribution is 6.38. The van der Waals surface area contributed by atoms with Crippen molar-refractivity contribution in [2.75, 3.05) is 27.9 Å². The number of hydrogen-bond donors (Lipinski definition) is 4. The largest absolute Gasteiger partial charge is 0.390 e. The van der Waals surface area contributed by atoms with Crippen molar-refractivity contribution in [3.8, 4) is 0 Å². The van der Waals surface area contributed by atoms with Gasteiger partial charge in [-0.05, 0) is 107 Å². The molecular weight excluding hydrogens is 835 g/mol. The Morgan fingerprint density at radius 1 is 0.846 bits per heavy atom. The van der Waals surface area contributed by atoms with Gasteiger partial charge in [0, 0.05) is 58.5 Å². The predicted molar refractivity (Wildman–Crippen MR) is 246 cm³/mol. The summed E-state index contributed by atoms with van der Waals surface area (Å²) < 4.78 is 29.6. The van der Waals surface area contributed by atoms with Crippen LogP contribution in [0.25, 0.3) is 0 Å². The first-order valence-corrected chi connectivity index (χ1v) is 24.1. The van der Waals surface area contributed by atoms with Crippen molar-refractivity contribution in [1.29, 1.82) is 0 Å². The van der Waals surface area contributed by atoms with Crippen LogP contribution >= 0.6 is 0 Å². The number of ether oxygens (including phenoxy) is 5. The van der Waals surface area contributed by atoms with E-state index < -0.39 is 84.2 Å². The van der Waals surface area contributed by atoms with Crippen LogP contribution in [0.1, 0.15) is 126 Å². The normalized spacial score (nSPS) is 40.4. The topological polar surface area (TPSA) is 199 Å². The third kappa shape index (κ3) is 14.5. The summed E-state index contributed by atoms with van der Waals surface area (Å²) in [6.45, 7) is 12.9. The molecule has 0 spiro atoms. The molecule has 0 aromatic heterocycles. The number of rotatable bonds is 6. The Morgan fingerprint density at radius 2 is 1.57 bits per heavy atom. The number of ketones is 3. The summed E-state index contributed by atoms with van der Waals surface area (Å²) in [5.74, 6) is -6.87. The summed E-state index contributed by atoms with van der Waals surface area (Å²) in [6, 6.07) is -0.945. The van der Waals surface area contributed by atoms with Crippen LogP contribution in [0.4, 0.5) is 0 Å². The van der Waals surface area contributed by atoms with Gasteiger partial charge in [0.05, 0.1) is 36.6 Å². The lowest BCUT2D eigenvalue weighted by atomic mass is 9.78. The molecule has 0 radical (unpaired) electrons. The number of fused-ring (bicyclic) bond motifs is 3. The number of methoxy groups -OCH3 is 3. The lowest BCUT2D eigenvalue weighted by Crippen LogP contribution is -2.61. The van der Waals surface area contributed by atoms with Crippen LogP contribution in [-0.2, 0) is 42.9 Å². The fourth-order valence-electron chi connectivity index (χ4n) is 10.3. The minimum absolute atomic E-state index is 0.0255. The van der Waals surface area contributed by atoms with Gasteiger partial charge in [-0.25, -0.2) is 0 Å². The van der Waals surface area contributed by atoms with Gasteiger partial charge in [0.2, 0.25) is 5.79 Å². The van der Waals surface area contributed by atoms with Gasteiger partial charge >= 0.3 is 0 Å². The van der Waals surface area contributed by atoms with Crippen molar-refractivity contribution in [3.05, 3.63) is 47.6 Å². The van der Waals surface area contributed by atoms with Gasteiger partial charge in [-0.3, -0.25) is 19.2 Å². The van der Waals surface area contributed by atoms with E-state index in [0.717, 1.165) is 12.0 Å². The maximum atomic E-state index is 14.3. The molecule has 2 bridgehead atoms. The summed E-state index contributed by atoms with van der Waals surface area (Å²) in [5, 5.41) is 45.8. The number of amides is 1. The summed E-state index contributed by atoms with van der Waals surface area (Å²) in [5.41, 5.74) is 1.29. The van der Waals surface area contributed by atoms with E-state index in [9.17, 15) is 39.6 Å². The molecule has 368 valence electrons. The number of carbonyl (C=O) groups is 4. The van der Waals surface area contributed by atoms with Crippen molar-refractivity contribution in [2.24, 2.45) is 35.5 Å². The maximum absolute atomic E-state index is 14.3. The minimum atomic E-state index is -2.40. The van der Waals surface area contributed by atoms with Gasteiger partial charge in [-0.1, -0.05) is 71.1 Å². The standard InChI is InChI=1S/C51H81NO13/c1-30-16-12-11-13-17-31(2)42(61-8)28-38-21-19-36(7)51(60,65-38)48(57)49(58)52-23-15-14-18-39(52)50(59)64-43(33(4)26-37-20-22-40(53)44(27-37)62-9)29-41(54)32(3)25-35(6)46(56)47(63-10)45(55)34(5)24-30/h11-13,16-17,25,30,32-34,36-40,42-44,46-47,50,53,56,59-60H,14-15,18-24,26-29H2,1-10H3/b13-11?,16-12+,31-17?,35-25+/t30-,32-,33-,34-,36-,37+,38+,39+,40+,42+,43+,44-,46-,47-,50?,51-/m1/s1. The van der Waals surface area contributed by atoms with Crippen LogP contribution in [0, 0.1) is 35.5 Å². The zero-order chi connectivity index (χ0) is 48.2. The Balaban J connectivity index is 1.70. The molecule has 4 N–H and O–H groups in total. The fraction of sp³-hybridized carbons (Fsp3) is 0.765. The monoisotopic (exact) mass is 916 g/mol. The van der Waals surface area contributed by atoms with E-state index in [-0.39, 0.29) is 48.4 Å². The quantitative estimate of drug-likeness (QED) is 0.180. The minimum Gasteiger partial charge on any atom is -0.390 e. The second kappa shape index (κ2) is 25.4. The summed E-state index contributed by atoms with van der Waals surface area (Å²) in [4.78, 5) is 57.6. The highest BCUT2D eigenvalue weighted by Crippen LogP contribution is 2.38. The molecule has 2 saturated heterocycles. The van der Waals surface area contributed by atoms with Crippen LogP contribution in [0.2, 0.25) is 0 Å². The van der Waals surface area contributed by atoms with Gasteiger partial charge < -0.3 is 49.0 Å². The summed E-state index contributed by atoms with van der Waals surface area (Å²) in [6.07, 6.45) is 10.3. The first-order chi connectivity index (χ1) is 30.7. The SMILES string of the molecule is CO[C@H]1C[C@@H]2CC[C@@H](C)[C@@](O)(O2)C(=O)C(=O)N2CCCC[C@H]2C(O)O[C@H]([C@H](C)C[C@@H]2CC[C@H](O)[C@H](OC)C2)CC(=O)[C@H](C)/C=C(\C)[C@@H](O)[C@H](OC)C(=O)[C@H](C)C[C@H](C)/C=C/C=CC=C1C. The highest BCUT2D eigenvalue weighted by Gasteiger charge is 2.53. The van der Waals surface area contributed by atoms with Crippen LogP contribution in [0.15, 0.2) is 47.6 Å². The van der Waals surface area contributed by atoms with Crippen LogP contribution < -0.4 is 0 Å². The van der Waals surface area contributed by atoms with Crippen molar-refractivity contribution in [3.63, 3.8) is 0 Å². The van der Waals surface area contributed by atoms with Crippen LogP contribution in [0.5, 0.6) is 0 Å². The third-order valence-electron chi connectivity index (χ3n) is 14.6. The van der Waals surface area contributed by atoms with Crippen molar-refractivity contribution in [2.45, 2.75) is 186 Å². The summed E-state index contributed by atoms with van der Waals surface area (Å²) >= 11 is 0. The van der Waals surface area contributed by atoms with E-state index in [1.807, 2.05) is 58.1 Å². The lowest BCUT2D eigenvalue weighted by molar-refractivity contribution is -0.266. The Bertz CT molecular complexity index is 1710. The summed E-state index contributed by atoms with van der Waals surface area (Å²) in [7, 11) is 4.55. The van der Waals surface area contributed by atoms with E-state index >= 15 is 0 Å². The molecule has 0 aromatic rings. The molecule has 4 aliphatic rings. The number of allylic oxidation sites excluding steroid dienone is 6. The number of aliphatic hydroxyl groups is 4. The molecule has 65 heavy (non-hydrogen) atoms. The molecule has 14 heteroatoms. The van der Waals surface area contributed by atoms with E-state index in [4.69, 9.17) is 23.7 Å². The molecule has 14 nitrogen and oxygen atoms in total. The molecular formula is C51H81NO13. The molecule has 4 rings (SSSR count). The van der Waals surface area contributed by atoms with Gasteiger partial charge in [0.25, 0.3) is 11.7 Å². The zero-order valence-electron chi connectivity index (χ0n) is 40.7. The van der Waals surface area contributed by atoms with Crippen molar-refractivity contribution < 1.29 is 63.3 Å². The molecule has 1 saturated carbocycles. The van der Waals surface area contributed by atoms with Gasteiger partial charge in [0.15, 0.2) is 12.1 Å². The van der Waals surface area contributed by atoms with E-state index in [1.165, 1.54) is 12.0 Å². The molecule has 1 unspecified atom stereocenters.